The van der Waals surface area contributed by atoms with Gasteiger partial charge in [-0.05, 0) is 111 Å². The van der Waals surface area contributed by atoms with E-state index >= 15 is 0 Å². The average molecular weight is 1360 g/mol. The molecule has 9 aromatic carbocycles. The largest absolute Gasteiger partial charge is 0.395 e. The number of fused-ring (bicyclic) bond motifs is 3. The number of rotatable bonds is 25. The number of aliphatic hydroxyl groups is 2. The molecule has 0 aliphatic carbocycles. The lowest BCUT2D eigenvalue weighted by Crippen LogP contribution is -2.35. The monoisotopic (exact) mass is 1360 g/mol. The number of sulfonamides is 3. The van der Waals surface area contributed by atoms with Gasteiger partial charge in [0.1, 0.15) is 0 Å². The van der Waals surface area contributed by atoms with E-state index in [0.29, 0.717) is 33.8 Å². The van der Waals surface area contributed by atoms with Crippen molar-refractivity contribution >= 4 is 148 Å². The summed E-state index contributed by atoms with van der Waals surface area (Å²) in [6, 6.07) is 54.8. The van der Waals surface area contributed by atoms with Gasteiger partial charge in [0.15, 0.2) is 32.7 Å². The number of benzene rings is 9. The van der Waals surface area contributed by atoms with Crippen molar-refractivity contribution in [1.29, 1.82) is 0 Å². The van der Waals surface area contributed by atoms with Crippen LogP contribution in [0.4, 0.5) is 5.69 Å². The fraction of sp³-hybridized carbons (Fsp3) is 0.194. The number of Topliss-reactive ketones (excluding diaryl/α,β-unsaturated/α-hetero) is 3. The molecule has 0 radical (unpaired) electrons. The van der Waals surface area contributed by atoms with Gasteiger partial charge in [0.25, 0.3) is 10.0 Å². The van der Waals surface area contributed by atoms with Crippen LogP contribution in [0.25, 0.3) is 32.3 Å². The maximum atomic E-state index is 13.2. The molecular weight excluding hydrogens is 1300 g/mol. The standard InChI is InChI=1S/C24H25NO5S2.C23H23NO5S2.C20H16ClNO4S2/c1-18(27)31-17-24(28)21-9-11-22(12-10-21)32(29,30)25(15-16-26)14-13-20-7-4-6-19-5-2-3-8-23(19)20;1-17(26)30-16-23(27)19-9-11-21(12-10-19)31(28,29)24(13-14-25)15-20-7-4-6-18-5-2-3-8-22(18)20;1-13(23)27-12-20(24)15-4-8-19(9-5-15)28(25,26)22-18-7-3-14-2-6-17(21)10-16(14)11-18/h2-12,26H,13-17H2,1H3;2-12,25H,13-16H2,1H3;2-11,22H,12H2,1H3. The number of ketones is 3. The normalized spacial score (nSPS) is 11.6. The molecule has 0 aliphatic rings. The summed E-state index contributed by atoms with van der Waals surface area (Å²) in [5.74, 6) is -0.658. The van der Waals surface area contributed by atoms with E-state index in [1.807, 2.05) is 91.0 Å². The molecule has 3 N–H and O–H groups in total. The third kappa shape index (κ3) is 20.1. The van der Waals surface area contributed by atoms with Crippen LogP contribution in [0.2, 0.25) is 5.02 Å². The smallest absolute Gasteiger partial charge is 0.261 e. The Balaban J connectivity index is 0.000000194. The molecule has 17 nitrogen and oxygen atoms in total. The fourth-order valence-corrected chi connectivity index (χ4v) is 14.8. The topological polar surface area (TPSA) is 264 Å². The van der Waals surface area contributed by atoms with E-state index in [2.05, 4.69) is 4.72 Å². The van der Waals surface area contributed by atoms with Crippen molar-refractivity contribution in [1.82, 2.24) is 8.61 Å². The molecule has 0 aromatic heterocycles. The summed E-state index contributed by atoms with van der Waals surface area (Å²) >= 11 is 8.75. The highest BCUT2D eigenvalue weighted by molar-refractivity contribution is 8.14. The maximum Gasteiger partial charge on any atom is 0.261 e. The van der Waals surface area contributed by atoms with Gasteiger partial charge in [0.2, 0.25) is 20.0 Å². The predicted molar refractivity (Wildman–Crippen MR) is 364 cm³/mol. The van der Waals surface area contributed by atoms with Gasteiger partial charge in [0.05, 0.1) is 45.2 Å². The number of halogens is 1. The number of hydrogen-bond donors (Lipinski definition) is 3. The zero-order chi connectivity index (χ0) is 65.9. The van der Waals surface area contributed by atoms with Gasteiger partial charge in [-0.2, -0.15) is 8.61 Å². The van der Waals surface area contributed by atoms with Crippen LogP contribution >= 0.6 is 46.9 Å². The first-order valence-corrected chi connectivity index (χ1v) is 35.8. The molecule has 474 valence electrons. The highest BCUT2D eigenvalue weighted by Gasteiger charge is 2.27. The first-order valence-electron chi connectivity index (χ1n) is 28.1. The van der Waals surface area contributed by atoms with Crippen molar-refractivity contribution in [2.45, 2.75) is 48.4 Å². The summed E-state index contributed by atoms with van der Waals surface area (Å²) in [6.07, 6.45) is 0.499. The zero-order valence-corrected chi connectivity index (χ0v) is 55.2. The minimum atomic E-state index is -3.90. The molecule has 91 heavy (non-hydrogen) atoms. The number of carbonyl (C=O) groups excluding carboxylic acids is 6. The number of aliphatic hydroxyl groups excluding tert-OH is 2. The molecule has 0 heterocycles. The van der Waals surface area contributed by atoms with Crippen LogP contribution in [0.15, 0.2) is 209 Å². The van der Waals surface area contributed by atoms with Crippen LogP contribution in [-0.4, -0.2) is 127 Å². The first-order chi connectivity index (χ1) is 43.4. The molecule has 9 aromatic rings. The molecule has 0 atom stereocenters. The van der Waals surface area contributed by atoms with Gasteiger partial charge in [-0.3, -0.25) is 33.5 Å². The van der Waals surface area contributed by atoms with Crippen molar-refractivity contribution in [3.05, 3.63) is 227 Å². The number of thioether (sulfide) groups is 3. The van der Waals surface area contributed by atoms with Crippen molar-refractivity contribution in [3.63, 3.8) is 0 Å². The van der Waals surface area contributed by atoms with Crippen LogP contribution in [0, 0.1) is 0 Å². The van der Waals surface area contributed by atoms with Gasteiger partial charge in [-0.1, -0.05) is 180 Å². The number of hydrogen-bond acceptors (Lipinski definition) is 17. The molecule has 0 aliphatic heterocycles. The van der Waals surface area contributed by atoms with E-state index in [9.17, 15) is 64.2 Å². The first kappa shape index (κ1) is 71.1. The molecule has 0 saturated carbocycles. The summed E-state index contributed by atoms with van der Waals surface area (Å²) in [7, 11) is -11.6. The van der Waals surface area contributed by atoms with Crippen LogP contribution in [-0.2, 0) is 57.4 Å². The number of nitrogens with one attached hydrogen (secondary N) is 1. The molecule has 24 heteroatoms. The fourth-order valence-electron chi connectivity index (χ4n) is 9.23. The highest BCUT2D eigenvalue weighted by Crippen LogP contribution is 2.28. The second-order valence-electron chi connectivity index (χ2n) is 20.2. The van der Waals surface area contributed by atoms with Crippen LogP contribution in [0.3, 0.4) is 0 Å². The van der Waals surface area contributed by atoms with E-state index in [1.54, 1.807) is 30.3 Å². The predicted octanol–water partition coefficient (Wildman–Crippen LogP) is 11.8. The second-order valence-corrected chi connectivity index (χ2v) is 29.7. The Labute approximate surface area is 546 Å². The quantitative estimate of drug-likeness (QED) is 0.0449. The Morgan fingerprint density at radius 3 is 1.31 bits per heavy atom. The molecule has 0 unspecified atom stereocenters. The number of carbonyl (C=O) groups is 6. The number of anilines is 1. The Kier molecular flexibility index (Phi) is 26.0. The molecular formula is C67H64ClN3O14S6. The molecule has 9 rings (SSSR count). The average Bonchev–Trinajstić information content (AvgIpc) is 1.14. The third-order valence-electron chi connectivity index (χ3n) is 13.8. The SMILES string of the molecule is CC(=O)SCC(=O)c1ccc(S(=O)(=O)N(CCO)CCc2cccc3ccccc23)cc1.CC(=O)SCC(=O)c1ccc(S(=O)(=O)N(CCO)Cc2cccc3ccccc23)cc1.CC(=O)SCC(=O)c1ccc(S(=O)(=O)Nc2ccc3ccc(Cl)cc3c2)cc1. The molecule has 0 amide bonds. The van der Waals surface area contributed by atoms with Crippen molar-refractivity contribution in [2.75, 3.05) is 54.8 Å². The van der Waals surface area contributed by atoms with E-state index in [0.717, 1.165) is 78.7 Å². The minimum absolute atomic E-state index is 0.0130. The zero-order valence-electron chi connectivity index (χ0n) is 49.6. The van der Waals surface area contributed by atoms with Gasteiger partial charge in [-0.25, -0.2) is 25.3 Å². The lowest BCUT2D eigenvalue weighted by Gasteiger charge is -2.22. The van der Waals surface area contributed by atoms with E-state index in [-0.39, 0.29) is 104 Å². The summed E-state index contributed by atoms with van der Waals surface area (Å²) in [4.78, 5) is 69.5. The minimum Gasteiger partial charge on any atom is -0.395 e. The van der Waals surface area contributed by atoms with Crippen LogP contribution in [0.5, 0.6) is 0 Å². The Hall–Kier alpha value is -7.39. The Morgan fingerprint density at radius 2 is 0.835 bits per heavy atom. The van der Waals surface area contributed by atoms with Gasteiger partial charge in [-0.15, -0.1) is 0 Å². The molecule has 0 saturated heterocycles. The summed E-state index contributed by atoms with van der Waals surface area (Å²) in [6.45, 7) is 3.80. The van der Waals surface area contributed by atoms with Gasteiger partial charge in [0, 0.05) is 74.4 Å². The molecule has 0 spiro atoms. The third-order valence-corrected chi connectivity index (χ3v) is 21.7. The molecule has 0 fully saturated rings. The van der Waals surface area contributed by atoms with Gasteiger partial charge >= 0.3 is 0 Å². The summed E-state index contributed by atoms with van der Waals surface area (Å²) < 4.78 is 83.1. The van der Waals surface area contributed by atoms with Crippen molar-refractivity contribution < 1.29 is 64.2 Å². The van der Waals surface area contributed by atoms with Crippen molar-refractivity contribution in [3.8, 4) is 0 Å². The Morgan fingerprint density at radius 1 is 0.429 bits per heavy atom. The number of nitrogens with zero attached hydrogens (tertiary/aromatic N) is 2. The summed E-state index contributed by atoms with van der Waals surface area (Å²) in [5, 5.41) is 24.9. The van der Waals surface area contributed by atoms with Crippen LogP contribution < -0.4 is 4.72 Å². The maximum absolute atomic E-state index is 13.2. The Bertz CT molecular complexity index is 4450. The second kappa shape index (κ2) is 33.3. The van der Waals surface area contributed by atoms with Gasteiger partial charge < -0.3 is 10.2 Å². The van der Waals surface area contributed by atoms with E-state index < -0.39 is 30.1 Å². The lowest BCUT2D eigenvalue weighted by molar-refractivity contribution is -0.109. The highest BCUT2D eigenvalue weighted by atomic mass is 35.5. The summed E-state index contributed by atoms with van der Waals surface area (Å²) in [5.41, 5.74) is 3.33. The lowest BCUT2D eigenvalue weighted by atomic mass is 10.0. The van der Waals surface area contributed by atoms with Crippen LogP contribution in [0.1, 0.15) is 63.0 Å². The van der Waals surface area contributed by atoms with Crippen molar-refractivity contribution in [2.24, 2.45) is 0 Å². The molecule has 0 bridgehead atoms. The van der Waals surface area contributed by atoms with E-state index in [1.165, 1.54) is 102 Å². The van der Waals surface area contributed by atoms with E-state index in [4.69, 9.17) is 11.6 Å².